The summed E-state index contributed by atoms with van der Waals surface area (Å²) in [6.45, 7) is 8.32. The molecule has 1 aliphatic rings. The Bertz CT molecular complexity index is 1290. The molecular formula is C27H32N6O3. The number of furan rings is 1. The van der Waals surface area contributed by atoms with Crippen LogP contribution in [0.2, 0.25) is 0 Å². The molecule has 0 unspecified atom stereocenters. The highest BCUT2D eigenvalue weighted by Gasteiger charge is 2.32. The zero-order chi connectivity index (χ0) is 25.1. The van der Waals surface area contributed by atoms with Crippen molar-refractivity contribution >= 4 is 5.69 Å². The van der Waals surface area contributed by atoms with Crippen molar-refractivity contribution in [3.8, 4) is 11.5 Å². The van der Waals surface area contributed by atoms with Crippen LogP contribution < -0.4 is 14.4 Å². The molecule has 2 aromatic heterocycles. The number of nitrogens with zero attached hydrogens (tertiary/aromatic N) is 6. The molecule has 0 amide bonds. The van der Waals surface area contributed by atoms with Crippen LogP contribution >= 0.6 is 0 Å². The third kappa shape index (κ3) is 4.79. The monoisotopic (exact) mass is 488 g/mol. The molecule has 2 aromatic carbocycles. The lowest BCUT2D eigenvalue weighted by molar-refractivity contribution is 0.200. The van der Waals surface area contributed by atoms with Crippen molar-refractivity contribution < 1.29 is 13.9 Å². The molecular weight excluding hydrogens is 456 g/mol. The van der Waals surface area contributed by atoms with Crippen molar-refractivity contribution in [2.75, 3.05) is 45.3 Å². The molecule has 1 aliphatic heterocycles. The number of tetrazole rings is 1. The van der Waals surface area contributed by atoms with Crippen molar-refractivity contribution in [1.82, 2.24) is 25.1 Å². The molecule has 5 rings (SSSR count). The highest BCUT2D eigenvalue weighted by atomic mass is 16.5. The van der Waals surface area contributed by atoms with Gasteiger partial charge in [0.25, 0.3) is 0 Å². The first-order valence-electron chi connectivity index (χ1n) is 12.1. The molecule has 1 atom stereocenters. The van der Waals surface area contributed by atoms with E-state index >= 15 is 0 Å². The van der Waals surface area contributed by atoms with Crippen LogP contribution in [0.1, 0.15) is 34.3 Å². The van der Waals surface area contributed by atoms with Gasteiger partial charge in [0, 0.05) is 31.9 Å². The predicted molar refractivity (Wildman–Crippen MR) is 137 cm³/mol. The quantitative estimate of drug-likeness (QED) is 0.370. The smallest absolute Gasteiger partial charge is 0.173 e. The van der Waals surface area contributed by atoms with Gasteiger partial charge in [0.2, 0.25) is 0 Å². The average molecular weight is 489 g/mol. The fourth-order valence-corrected chi connectivity index (χ4v) is 4.90. The summed E-state index contributed by atoms with van der Waals surface area (Å²) in [6, 6.07) is 16.3. The molecule has 0 bridgehead atoms. The van der Waals surface area contributed by atoms with Crippen LogP contribution in [0.4, 0.5) is 5.69 Å². The molecule has 0 radical (unpaired) electrons. The van der Waals surface area contributed by atoms with Crippen molar-refractivity contribution in [2.24, 2.45) is 0 Å². The van der Waals surface area contributed by atoms with Crippen molar-refractivity contribution in [3.05, 3.63) is 83.1 Å². The minimum Gasteiger partial charge on any atom is -0.493 e. The topological polar surface area (TPSA) is 81.7 Å². The Hall–Kier alpha value is -3.85. The highest BCUT2D eigenvalue weighted by molar-refractivity contribution is 5.55. The molecule has 4 aromatic rings. The maximum absolute atomic E-state index is 5.62. The molecule has 9 nitrogen and oxygen atoms in total. The van der Waals surface area contributed by atoms with Gasteiger partial charge in [-0.25, -0.2) is 4.68 Å². The molecule has 0 saturated carbocycles. The SMILES string of the molecule is COc1ccc([C@@H](c2nnnn2Cc2ccco2)N2CCN(c3cc(C)ccc3C)CC2)cc1OC. The van der Waals surface area contributed by atoms with Gasteiger partial charge in [-0.1, -0.05) is 18.2 Å². The van der Waals surface area contributed by atoms with Gasteiger partial charge in [-0.3, -0.25) is 4.90 Å². The summed E-state index contributed by atoms with van der Waals surface area (Å²) >= 11 is 0. The van der Waals surface area contributed by atoms with E-state index in [-0.39, 0.29) is 6.04 Å². The largest absolute Gasteiger partial charge is 0.493 e. The van der Waals surface area contributed by atoms with Crippen LogP contribution in [-0.4, -0.2) is 65.5 Å². The third-order valence-electron chi connectivity index (χ3n) is 6.80. The highest BCUT2D eigenvalue weighted by Crippen LogP contribution is 2.35. The second kappa shape index (κ2) is 10.4. The minimum atomic E-state index is -0.157. The number of aromatic nitrogens is 4. The molecule has 1 saturated heterocycles. The number of benzene rings is 2. The van der Waals surface area contributed by atoms with E-state index in [9.17, 15) is 0 Å². The Morgan fingerprint density at radius 3 is 2.47 bits per heavy atom. The van der Waals surface area contributed by atoms with E-state index in [1.165, 1.54) is 16.8 Å². The molecule has 0 aliphatic carbocycles. The summed E-state index contributed by atoms with van der Waals surface area (Å²) in [5.74, 6) is 2.93. The summed E-state index contributed by atoms with van der Waals surface area (Å²) in [5, 5.41) is 12.8. The number of ether oxygens (including phenoxy) is 2. The van der Waals surface area contributed by atoms with Crippen LogP contribution in [0.25, 0.3) is 0 Å². The Morgan fingerprint density at radius 2 is 1.75 bits per heavy atom. The first-order chi connectivity index (χ1) is 17.6. The lowest BCUT2D eigenvalue weighted by Gasteiger charge is -2.40. The van der Waals surface area contributed by atoms with E-state index in [1.54, 1.807) is 20.5 Å². The van der Waals surface area contributed by atoms with Gasteiger partial charge in [0.05, 0.1) is 26.5 Å². The van der Waals surface area contributed by atoms with Crippen LogP contribution in [-0.2, 0) is 6.54 Å². The summed E-state index contributed by atoms with van der Waals surface area (Å²) in [5.41, 5.74) is 4.93. The summed E-state index contributed by atoms with van der Waals surface area (Å²) in [7, 11) is 3.30. The normalized spacial score (nSPS) is 15.2. The van der Waals surface area contributed by atoms with Crippen LogP contribution in [0.5, 0.6) is 11.5 Å². The Kier molecular flexibility index (Phi) is 6.90. The molecule has 3 heterocycles. The lowest BCUT2D eigenvalue weighted by atomic mass is 10.0. The molecule has 0 spiro atoms. The number of piperazine rings is 1. The fraction of sp³-hybridized carbons (Fsp3) is 0.370. The fourth-order valence-electron chi connectivity index (χ4n) is 4.90. The van der Waals surface area contributed by atoms with Gasteiger partial charge >= 0.3 is 0 Å². The molecule has 36 heavy (non-hydrogen) atoms. The van der Waals surface area contributed by atoms with Gasteiger partial charge in [0.1, 0.15) is 12.3 Å². The van der Waals surface area contributed by atoms with Crippen molar-refractivity contribution in [2.45, 2.75) is 26.4 Å². The second-order valence-corrected chi connectivity index (χ2v) is 9.10. The van der Waals surface area contributed by atoms with E-state index in [0.717, 1.165) is 43.3 Å². The standard InChI is InChI=1S/C27H32N6O3/c1-19-7-8-20(2)23(16-19)31-11-13-32(14-12-31)26(21-9-10-24(34-3)25(17-21)35-4)27-28-29-30-33(27)18-22-6-5-15-36-22/h5-10,15-17,26H,11-14,18H2,1-4H3/t26-/m0/s1. The molecule has 1 fully saturated rings. The zero-order valence-corrected chi connectivity index (χ0v) is 21.2. The molecule has 0 N–H and O–H groups in total. The number of hydrogen-bond acceptors (Lipinski definition) is 8. The lowest BCUT2D eigenvalue weighted by Crippen LogP contribution is -2.48. The summed E-state index contributed by atoms with van der Waals surface area (Å²) < 4.78 is 18.5. The minimum absolute atomic E-state index is 0.157. The van der Waals surface area contributed by atoms with Gasteiger partial charge in [-0.05, 0) is 71.3 Å². The van der Waals surface area contributed by atoms with E-state index in [1.807, 2.05) is 28.9 Å². The van der Waals surface area contributed by atoms with Crippen molar-refractivity contribution in [1.29, 1.82) is 0 Å². The van der Waals surface area contributed by atoms with E-state index in [0.29, 0.717) is 18.0 Å². The number of anilines is 1. The number of rotatable bonds is 8. The number of hydrogen-bond donors (Lipinski definition) is 0. The number of aryl methyl sites for hydroxylation is 2. The van der Waals surface area contributed by atoms with E-state index in [4.69, 9.17) is 13.9 Å². The molecule has 188 valence electrons. The van der Waals surface area contributed by atoms with Gasteiger partial charge < -0.3 is 18.8 Å². The van der Waals surface area contributed by atoms with Crippen molar-refractivity contribution in [3.63, 3.8) is 0 Å². The third-order valence-corrected chi connectivity index (χ3v) is 6.80. The van der Waals surface area contributed by atoms with E-state index in [2.05, 4.69) is 63.4 Å². The average Bonchev–Trinajstić information content (AvgIpc) is 3.59. The zero-order valence-electron chi connectivity index (χ0n) is 21.2. The van der Waals surface area contributed by atoms with Crippen LogP contribution in [0, 0.1) is 13.8 Å². The second-order valence-electron chi connectivity index (χ2n) is 9.10. The van der Waals surface area contributed by atoms with Crippen LogP contribution in [0.15, 0.2) is 59.2 Å². The molecule has 9 heteroatoms. The summed E-state index contributed by atoms with van der Waals surface area (Å²) in [4.78, 5) is 4.91. The van der Waals surface area contributed by atoms with Gasteiger partial charge in [-0.15, -0.1) is 5.10 Å². The Balaban J connectivity index is 1.47. The van der Waals surface area contributed by atoms with Gasteiger partial charge in [0.15, 0.2) is 17.3 Å². The maximum atomic E-state index is 5.62. The van der Waals surface area contributed by atoms with E-state index < -0.39 is 0 Å². The summed E-state index contributed by atoms with van der Waals surface area (Å²) in [6.07, 6.45) is 1.66. The number of methoxy groups -OCH3 is 2. The Labute approximate surface area is 211 Å². The first-order valence-corrected chi connectivity index (χ1v) is 12.1. The first kappa shape index (κ1) is 23.9. The van der Waals surface area contributed by atoms with Gasteiger partial charge in [-0.2, -0.15) is 0 Å². The Morgan fingerprint density at radius 1 is 0.944 bits per heavy atom. The predicted octanol–water partition coefficient (Wildman–Crippen LogP) is 3.86. The van der Waals surface area contributed by atoms with Crippen LogP contribution in [0.3, 0.4) is 0 Å². The maximum Gasteiger partial charge on any atom is 0.173 e.